The predicted molar refractivity (Wildman–Crippen MR) is 102 cm³/mol. The number of piperidine rings is 1. The molecule has 2 heterocycles. The summed E-state index contributed by atoms with van der Waals surface area (Å²) in [6.07, 6.45) is 4.97. The third-order valence-electron chi connectivity index (χ3n) is 4.56. The molecular formula is C20H28N4O. The Bertz CT molecular complexity index is 639. The number of guanidine groups is 1. The number of nitrogens with zero attached hydrogens (tertiary/aromatic N) is 2. The van der Waals surface area contributed by atoms with Gasteiger partial charge in [0.25, 0.3) is 0 Å². The van der Waals surface area contributed by atoms with E-state index in [0.29, 0.717) is 6.04 Å². The van der Waals surface area contributed by atoms with E-state index in [0.717, 1.165) is 44.3 Å². The molecular weight excluding hydrogens is 312 g/mol. The van der Waals surface area contributed by atoms with Crippen molar-refractivity contribution in [1.82, 2.24) is 15.5 Å². The Morgan fingerprint density at radius 2 is 2.12 bits per heavy atom. The Morgan fingerprint density at radius 1 is 1.24 bits per heavy atom. The second-order valence-corrected chi connectivity index (χ2v) is 6.53. The highest BCUT2D eigenvalue weighted by Gasteiger charge is 2.20. The number of furan rings is 1. The van der Waals surface area contributed by atoms with Crippen LogP contribution in [-0.2, 0) is 13.0 Å². The first-order chi connectivity index (χ1) is 12.3. The highest BCUT2D eigenvalue weighted by atomic mass is 16.3. The third-order valence-corrected chi connectivity index (χ3v) is 4.56. The standard InChI is InChI=1S/C20H28N4O/c1-21-20(22-12-11-19-10-6-14-25-19)23-18-9-5-13-24(16-18)15-17-7-3-2-4-8-17/h2-4,6-8,10,14,18H,5,9,11-13,15-16H2,1H3,(H2,21,22,23). The van der Waals surface area contributed by atoms with Gasteiger partial charge in [-0.3, -0.25) is 9.89 Å². The lowest BCUT2D eigenvalue weighted by atomic mass is 10.0. The van der Waals surface area contributed by atoms with Crippen molar-refractivity contribution in [2.24, 2.45) is 4.99 Å². The molecule has 5 heteroatoms. The van der Waals surface area contributed by atoms with Crippen LogP contribution >= 0.6 is 0 Å². The first-order valence-electron chi connectivity index (χ1n) is 9.09. The summed E-state index contributed by atoms with van der Waals surface area (Å²) in [5, 5.41) is 6.95. The van der Waals surface area contributed by atoms with Crippen molar-refractivity contribution in [2.45, 2.75) is 31.8 Å². The average Bonchev–Trinajstić information content (AvgIpc) is 3.15. The van der Waals surface area contributed by atoms with Gasteiger partial charge in [-0.15, -0.1) is 0 Å². The van der Waals surface area contributed by atoms with Crippen molar-refractivity contribution >= 4 is 5.96 Å². The monoisotopic (exact) mass is 340 g/mol. The molecule has 0 radical (unpaired) electrons. The summed E-state index contributed by atoms with van der Waals surface area (Å²) < 4.78 is 5.36. The Kier molecular flexibility index (Phi) is 6.51. The molecule has 0 bridgehead atoms. The molecule has 3 rings (SSSR count). The van der Waals surface area contributed by atoms with Gasteiger partial charge >= 0.3 is 0 Å². The molecule has 1 aliphatic heterocycles. The maximum Gasteiger partial charge on any atom is 0.191 e. The predicted octanol–water partition coefficient (Wildman–Crippen LogP) is 2.65. The van der Waals surface area contributed by atoms with E-state index in [-0.39, 0.29) is 0 Å². The molecule has 0 saturated carbocycles. The van der Waals surface area contributed by atoms with E-state index >= 15 is 0 Å². The third kappa shape index (κ3) is 5.64. The van der Waals surface area contributed by atoms with Gasteiger partial charge in [0.05, 0.1) is 6.26 Å². The molecule has 5 nitrogen and oxygen atoms in total. The maximum atomic E-state index is 5.36. The topological polar surface area (TPSA) is 52.8 Å². The summed E-state index contributed by atoms with van der Waals surface area (Å²) in [6.45, 7) is 4.04. The van der Waals surface area contributed by atoms with Gasteiger partial charge in [0.2, 0.25) is 0 Å². The molecule has 1 saturated heterocycles. The Morgan fingerprint density at radius 3 is 2.88 bits per heavy atom. The fourth-order valence-corrected chi connectivity index (χ4v) is 3.31. The van der Waals surface area contributed by atoms with E-state index in [4.69, 9.17) is 4.42 Å². The first kappa shape index (κ1) is 17.5. The van der Waals surface area contributed by atoms with Crippen LogP contribution in [0.3, 0.4) is 0 Å². The van der Waals surface area contributed by atoms with Crippen LogP contribution in [0.15, 0.2) is 58.1 Å². The normalized spacial score (nSPS) is 18.9. The van der Waals surface area contributed by atoms with Crippen LogP contribution in [0.4, 0.5) is 0 Å². The minimum absolute atomic E-state index is 0.437. The van der Waals surface area contributed by atoms with Crippen LogP contribution in [0.5, 0.6) is 0 Å². The fraction of sp³-hybridized carbons (Fsp3) is 0.450. The zero-order chi connectivity index (χ0) is 17.3. The molecule has 1 aliphatic rings. The SMILES string of the molecule is CN=C(NCCc1ccco1)NC1CCCN(Cc2ccccc2)C1. The summed E-state index contributed by atoms with van der Waals surface area (Å²) in [4.78, 5) is 6.88. The summed E-state index contributed by atoms with van der Waals surface area (Å²) in [5.74, 6) is 1.87. The number of benzene rings is 1. The Balaban J connectivity index is 1.44. The number of aliphatic imine (C=N–C) groups is 1. The zero-order valence-electron chi connectivity index (χ0n) is 14.9. The first-order valence-corrected chi connectivity index (χ1v) is 9.09. The van der Waals surface area contributed by atoms with Crippen LogP contribution in [-0.4, -0.2) is 43.6 Å². The second-order valence-electron chi connectivity index (χ2n) is 6.53. The van der Waals surface area contributed by atoms with Crippen molar-refractivity contribution < 1.29 is 4.42 Å². The fourth-order valence-electron chi connectivity index (χ4n) is 3.31. The number of rotatable bonds is 6. The highest BCUT2D eigenvalue weighted by molar-refractivity contribution is 5.79. The number of nitrogens with one attached hydrogen (secondary N) is 2. The van der Waals surface area contributed by atoms with Crippen molar-refractivity contribution in [3.8, 4) is 0 Å². The zero-order valence-corrected chi connectivity index (χ0v) is 14.9. The molecule has 0 aliphatic carbocycles. The van der Waals surface area contributed by atoms with Gasteiger partial charge in [-0.2, -0.15) is 0 Å². The van der Waals surface area contributed by atoms with Gasteiger partial charge in [-0.1, -0.05) is 30.3 Å². The lowest BCUT2D eigenvalue weighted by Gasteiger charge is -2.34. The molecule has 1 aromatic carbocycles. The van der Waals surface area contributed by atoms with E-state index in [1.54, 1.807) is 6.26 Å². The largest absolute Gasteiger partial charge is 0.469 e. The van der Waals surface area contributed by atoms with Gasteiger partial charge in [0.15, 0.2) is 5.96 Å². The van der Waals surface area contributed by atoms with Crippen LogP contribution in [0.25, 0.3) is 0 Å². The number of hydrogen-bond donors (Lipinski definition) is 2. The van der Waals surface area contributed by atoms with Gasteiger partial charge in [0, 0.05) is 39.1 Å². The van der Waals surface area contributed by atoms with Gasteiger partial charge in [-0.25, -0.2) is 0 Å². The van der Waals surface area contributed by atoms with E-state index in [9.17, 15) is 0 Å². The molecule has 2 N–H and O–H groups in total. The molecule has 25 heavy (non-hydrogen) atoms. The van der Waals surface area contributed by atoms with Crippen LogP contribution in [0.1, 0.15) is 24.2 Å². The summed E-state index contributed by atoms with van der Waals surface area (Å²) in [5.41, 5.74) is 1.38. The van der Waals surface area contributed by atoms with Gasteiger partial charge in [-0.05, 0) is 37.1 Å². The summed E-state index contributed by atoms with van der Waals surface area (Å²) in [7, 11) is 1.83. The molecule has 1 fully saturated rings. The lowest BCUT2D eigenvalue weighted by Crippen LogP contribution is -2.51. The van der Waals surface area contributed by atoms with Crippen molar-refractivity contribution in [3.63, 3.8) is 0 Å². The Labute approximate surface area is 150 Å². The minimum atomic E-state index is 0.437. The number of likely N-dealkylation sites (tertiary alicyclic amines) is 1. The molecule has 0 amide bonds. The van der Waals surface area contributed by atoms with Gasteiger partial charge < -0.3 is 15.1 Å². The van der Waals surface area contributed by atoms with E-state index in [1.165, 1.54) is 18.4 Å². The van der Waals surface area contributed by atoms with Crippen molar-refractivity contribution in [3.05, 3.63) is 60.1 Å². The molecule has 1 unspecified atom stereocenters. The smallest absolute Gasteiger partial charge is 0.191 e. The molecule has 0 spiro atoms. The molecule has 2 aromatic rings. The van der Waals surface area contributed by atoms with Crippen LogP contribution in [0.2, 0.25) is 0 Å². The second kappa shape index (κ2) is 9.28. The Hall–Kier alpha value is -2.27. The van der Waals surface area contributed by atoms with E-state index < -0.39 is 0 Å². The quantitative estimate of drug-likeness (QED) is 0.627. The summed E-state index contributed by atoms with van der Waals surface area (Å²) in [6, 6.07) is 15.1. The molecule has 1 aromatic heterocycles. The van der Waals surface area contributed by atoms with Crippen LogP contribution in [0, 0.1) is 0 Å². The molecule has 134 valence electrons. The summed E-state index contributed by atoms with van der Waals surface area (Å²) >= 11 is 0. The maximum absolute atomic E-state index is 5.36. The van der Waals surface area contributed by atoms with E-state index in [1.807, 2.05) is 19.2 Å². The highest BCUT2D eigenvalue weighted by Crippen LogP contribution is 2.13. The van der Waals surface area contributed by atoms with Crippen molar-refractivity contribution in [1.29, 1.82) is 0 Å². The molecule has 1 atom stereocenters. The van der Waals surface area contributed by atoms with E-state index in [2.05, 4.69) is 50.9 Å². The number of hydrogen-bond acceptors (Lipinski definition) is 3. The minimum Gasteiger partial charge on any atom is -0.469 e. The van der Waals surface area contributed by atoms with Crippen molar-refractivity contribution in [2.75, 3.05) is 26.7 Å². The average molecular weight is 340 g/mol. The van der Waals surface area contributed by atoms with Gasteiger partial charge in [0.1, 0.15) is 5.76 Å². The van der Waals surface area contributed by atoms with Crippen LogP contribution < -0.4 is 10.6 Å². The lowest BCUT2D eigenvalue weighted by molar-refractivity contribution is 0.192.